The summed E-state index contributed by atoms with van der Waals surface area (Å²) in [7, 11) is 0. The van der Waals surface area contributed by atoms with Gasteiger partial charge in [0.15, 0.2) is 0 Å². The van der Waals surface area contributed by atoms with E-state index in [4.69, 9.17) is 0 Å². The summed E-state index contributed by atoms with van der Waals surface area (Å²) in [6.45, 7) is 2.22. The molecule has 2 bridgehead atoms. The third-order valence-electron chi connectivity index (χ3n) is 6.04. The first-order valence-corrected chi connectivity index (χ1v) is 10.4. The van der Waals surface area contributed by atoms with Gasteiger partial charge in [-0.2, -0.15) is 0 Å². The molecule has 2 amide bonds. The van der Waals surface area contributed by atoms with Crippen molar-refractivity contribution in [1.29, 1.82) is 0 Å². The third-order valence-corrected chi connectivity index (χ3v) is 6.04. The number of amides is 2. The monoisotopic (exact) mass is 376 g/mol. The Labute approximate surface area is 167 Å². The molecule has 2 aromatic carbocycles. The van der Waals surface area contributed by atoms with E-state index >= 15 is 0 Å². The minimum Gasteiger partial charge on any atom is -0.338 e. The molecule has 0 unspecified atom stereocenters. The lowest BCUT2D eigenvalue weighted by Gasteiger charge is -2.36. The summed E-state index contributed by atoms with van der Waals surface area (Å²) in [6, 6.07) is 20.0. The van der Waals surface area contributed by atoms with E-state index in [-0.39, 0.29) is 17.9 Å². The Morgan fingerprint density at radius 3 is 2.32 bits per heavy atom. The maximum absolute atomic E-state index is 12.9. The molecule has 3 aliphatic heterocycles. The molecule has 3 saturated heterocycles. The topological polar surface area (TPSA) is 40.6 Å². The molecule has 0 N–H and O–H groups in total. The van der Waals surface area contributed by atoms with Gasteiger partial charge in [0.05, 0.1) is 0 Å². The second kappa shape index (κ2) is 8.59. The van der Waals surface area contributed by atoms with Crippen molar-refractivity contribution in [2.75, 3.05) is 19.6 Å². The van der Waals surface area contributed by atoms with Gasteiger partial charge in [-0.15, -0.1) is 0 Å². The number of rotatable bonds is 5. The minimum absolute atomic E-state index is 0.0934. The molecule has 0 spiro atoms. The predicted molar refractivity (Wildman–Crippen MR) is 110 cm³/mol. The Kier molecular flexibility index (Phi) is 5.75. The van der Waals surface area contributed by atoms with Crippen LogP contribution in [0.1, 0.15) is 41.6 Å². The maximum Gasteiger partial charge on any atom is 0.253 e. The molecular formula is C24H28N2O2. The molecule has 0 radical (unpaired) electrons. The van der Waals surface area contributed by atoms with Gasteiger partial charge in [-0.05, 0) is 49.3 Å². The van der Waals surface area contributed by atoms with Crippen LogP contribution in [0.15, 0.2) is 60.7 Å². The zero-order valence-corrected chi connectivity index (χ0v) is 16.3. The fourth-order valence-corrected chi connectivity index (χ4v) is 4.55. The average Bonchev–Trinajstić information content (AvgIpc) is 3.07. The molecule has 3 heterocycles. The lowest BCUT2D eigenvalue weighted by molar-refractivity contribution is -0.135. The number of fused-ring (bicyclic) bond motifs is 4. The molecule has 5 rings (SSSR count). The van der Waals surface area contributed by atoms with Crippen LogP contribution in [-0.4, -0.2) is 47.3 Å². The number of carbonyl (C=O) groups is 2. The lowest BCUT2D eigenvalue weighted by Crippen LogP contribution is -2.47. The average molecular weight is 377 g/mol. The molecule has 2 aromatic rings. The summed E-state index contributed by atoms with van der Waals surface area (Å²) >= 11 is 0. The molecular weight excluding hydrogens is 348 g/mol. The van der Waals surface area contributed by atoms with Gasteiger partial charge >= 0.3 is 0 Å². The maximum atomic E-state index is 12.9. The molecule has 0 saturated carbocycles. The second-order valence-corrected chi connectivity index (χ2v) is 8.06. The van der Waals surface area contributed by atoms with E-state index in [9.17, 15) is 9.59 Å². The van der Waals surface area contributed by atoms with Crippen molar-refractivity contribution < 1.29 is 9.59 Å². The summed E-state index contributed by atoms with van der Waals surface area (Å²) < 4.78 is 0. The number of carbonyl (C=O) groups excluding carboxylic acids is 2. The Balaban J connectivity index is 1.36. The first kappa shape index (κ1) is 18.7. The van der Waals surface area contributed by atoms with Gasteiger partial charge in [0.1, 0.15) is 0 Å². The number of nitrogens with zero attached hydrogens (tertiary/aromatic N) is 2. The van der Waals surface area contributed by atoms with E-state index in [1.54, 1.807) is 0 Å². The number of aryl methyl sites for hydroxylation is 1. The molecule has 28 heavy (non-hydrogen) atoms. The van der Waals surface area contributed by atoms with Crippen molar-refractivity contribution >= 4 is 11.8 Å². The molecule has 146 valence electrons. The summed E-state index contributed by atoms with van der Waals surface area (Å²) in [5, 5.41) is 0. The van der Waals surface area contributed by atoms with Gasteiger partial charge < -0.3 is 9.80 Å². The van der Waals surface area contributed by atoms with Gasteiger partial charge in [-0.25, -0.2) is 0 Å². The molecule has 3 aliphatic rings. The van der Waals surface area contributed by atoms with Crippen molar-refractivity contribution in [2.45, 2.75) is 38.1 Å². The van der Waals surface area contributed by atoms with E-state index in [0.717, 1.165) is 44.3 Å². The van der Waals surface area contributed by atoms with Crippen LogP contribution < -0.4 is 0 Å². The van der Waals surface area contributed by atoms with Crippen LogP contribution in [0.25, 0.3) is 0 Å². The highest BCUT2D eigenvalue weighted by Crippen LogP contribution is 2.29. The fourth-order valence-electron chi connectivity index (χ4n) is 4.55. The Bertz CT molecular complexity index is 806. The van der Waals surface area contributed by atoms with E-state index in [2.05, 4.69) is 17.0 Å². The smallest absolute Gasteiger partial charge is 0.253 e. The normalized spacial score (nSPS) is 21.4. The fraction of sp³-hybridized carbons (Fsp3) is 0.417. The van der Waals surface area contributed by atoms with Crippen LogP contribution >= 0.6 is 0 Å². The largest absolute Gasteiger partial charge is 0.338 e. The molecule has 4 nitrogen and oxygen atoms in total. The van der Waals surface area contributed by atoms with Crippen molar-refractivity contribution in [1.82, 2.24) is 9.80 Å². The van der Waals surface area contributed by atoms with E-state index in [1.165, 1.54) is 5.56 Å². The summed E-state index contributed by atoms with van der Waals surface area (Å²) in [6.07, 6.45) is 4.52. The molecule has 2 atom stereocenters. The summed E-state index contributed by atoms with van der Waals surface area (Å²) in [5.41, 5.74) is 2.02. The number of hydrogen-bond donors (Lipinski definition) is 0. The van der Waals surface area contributed by atoms with Crippen LogP contribution in [0.3, 0.4) is 0 Å². The number of piperidine rings is 1. The van der Waals surface area contributed by atoms with Crippen molar-refractivity contribution in [3.63, 3.8) is 0 Å². The van der Waals surface area contributed by atoms with Gasteiger partial charge in [-0.1, -0.05) is 48.5 Å². The zero-order chi connectivity index (χ0) is 19.3. The minimum atomic E-state index is 0.0934. The van der Waals surface area contributed by atoms with Crippen LogP contribution in [0, 0.1) is 5.92 Å². The van der Waals surface area contributed by atoms with Gasteiger partial charge in [0.2, 0.25) is 5.91 Å². The highest BCUT2D eigenvalue weighted by molar-refractivity contribution is 5.94. The van der Waals surface area contributed by atoms with Crippen LogP contribution in [0.2, 0.25) is 0 Å². The highest BCUT2D eigenvalue weighted by atomic mass is 16.2. The number of hydrogen-bond acceptors (Lipinski definition) is 2. The van der Waals surface area contributed by atoms with Crippen molar-refractivity contribution in [2.24, 2.45) is 5.92 Å². The van der Waals surface area contributed by atoms with Gasteiger partial charge in [0, 0.05) is 37.7 Å². The lowest BCUT2D eigenvalue weighted by atomic mass is 9.94. The molecule has 4 heteroatoms. The van der Waals surface area contributed by atoms with Crippen molar-refractivity contribution in [3.05, 3.63) is 71.8 Å². The molecule has 0 aromatic heterocycles. The first-order valence-electron chi connectivity index (χ1n) is 10.4. The second-order valence-electron chi connectivity index (χ2n) is 8.06. The standard InChI is InChI=1S/C24H28N2O2/c27-23(13-7-10-19-8-3-1-4-9-19)26-17-20-14-15-22(26)18-25(16-20)24(28)21-11-5-2-6-12-21/h1-6,8-9,11-12,20,22H,7,10,13-18H2/t20-,22+/m1/s1. The van der Waals surface area contributed by atoms with E-state index < -0.39 is 0 Å². The van der Waals surface area contributed by atoms with E-state index in [0.29, 0.717) is 18.9 Å². The molecule has 0 aliphatic carbocycles. The zero-order valence-electron chi connectivity index (χ0n) is 16.3. The predicted octanol–water partition coefficient (Wildman–Crippen LogP) is 3.77. The highest BCUT2D eigenvalue weighted by Gasteiger charge is 2.38. The van der Waals surface area contributed by atoms with Crippen molar-refractivity contribution in [3.8, 4) is 0 Å². The Morgan fingerprint density at radius 2 is 1.57 bits per heavy atom. The van der Waals surface area contributed by atoms with Gasteiger partial charge in [-0.3, -0.25) is 9.59 Å². The van der Waals surface area contributed by atoms with Crippen LogP contribution in [0.5, 0.6) is 0 Å². The quantitative estimate of drug-likeness (QED) is 0.797. The summed E-state index contributed by atoms with van der Waals surface area (Å²) in [4.78, 5) is 29.8. The summed E-state index contributed by atoms with van der Waals surface area (Å²) in [5.74, 6) is 0.736. The van der Waals surface area contributed by atoms with Crippen LogP contribution in [-0.2, 0) is 11.2 Å². The number of benzene rings is 2. The van der Waals surface area contributed by atoms with Crippen LogP contribution in [0.4, 0.5) is 0 Å². The van der Waals surface area contributed by atoms with Gasteiger partial charge in [0.25, 0.3) is 5.91 Å². The Hall–Kier alpha value is -2.62. The SMILES string of the molecule is O=C(c1ccccc1)N1C[C@H]2CC[C@@H](C1)N(C(=O)CCCc1ccccc1)C2. The Morgan fingerprint density at radius 1 is 0.857 bits per heavy atom. The molecule has 3 fully saturated rings. The first-order chi connectivity index (χ1) is 13.7. The third kappa shape index (κ3) is 4.27. The van der Waals surface area contributed by atoms with E-state index in [1.807, 2.05) is 53.4 Å².